The summed E-state index contributed by atoms with van der Waals surface area (Å²) < 4.78 is 11.4. The van der Waals surface area contributed by atoms with E-state index < -0.39 is 0 Å². The van der Waals surface area contributed by atoms with Crippen LogP contribution in [0.4, 0.5) is 5.82 Å². The van der Waals surface area contributed by atoms with Crippen LogP contribution in [0.1, 0.15) is 38.0 Å². The second-order valence-electron chi connectivity index (χ2n) is 7.50. The van der Waals surface area contributed by atoms with Crippen molar-refractivity contribution in [3.05, 3.63) is 24.2 Å². The maximum Gasteiger partial charge on any atom is 0.232 e. The molecule has 0 N–H and O–H groups in total. The number of likely N-dealkylation sites (N-methyl/N-ethyl adjacent to an activating group) is 1. The topological polar surface area (TPSA) is 67.5 Å². The number of piperazine rings is 1. The van der Waals surface area contributed by atoms with Gasteiger partial charge in [-0.15, -0.1) is 0 Å². The molecular weight excluding hydrogens is 330 g/mol. The summed E-state index contributed by atoms with van der Waals surface area (Å²) in [5.74, 6) is 2.62. The Bertz CT molecular complexity index is 754. The molecule has 0 aromatic carbocycles. The van der Waals surface area contributed by atoms with E-state index in [1.54, 1.807) is 0 Å². The third-order valence-corrected chi connectivity index (χ3v) is 6.01. The molecule has 7 heteroatoms. The first-order valence-corrected chi connectivity index (χ1v) is 9.73. The third kappa shape index (κ3) is 2.89. The van der Waals surface area contributed by atoms with Gasteiger partial charge in [-0.1, -0.05) is 12.1 Å². The van der Waals surface area contributed by atoms with Crippen molar-refractivity contribution in [2.24, 2.45) is 0 Å². The molecule has 3 atom stereocenters. The molecule has 3 aliphatic heterocycles. The molecule has 0 spiro atoms. The van der Waals surface area contributed by atoms with Gasteiger partial charge in [-0.2, -0.15) is 4.98 Å². The number of hydrogen-bond acceptors (Lipinski definition) is 7. The maximum absolute atomic E-state index is 5.90. The van der Waals surface area contributed by atoms with Crippen molar-refractivity contribution in [3.63, 3.8) is 0 Å². The van der Waals surface area contributed by atoms with Crippen molar-refractivity contribution >= 4 is 5.82 Å². The van der Waals surface area contributed by atoms with Crippen LogP contribution in [-0.4, -0.2) is 65.0 Å². The van der Waals surface area contributed by atoms with Crippen LogP contribution < -0.4 is 4.90 Å². The molecule has 7 nitrogen and oxygen atoms in total. The molecule has 5 rings (SSSR count). The standard InChI is InChI=1S/C19H25N5O2/c1-2-23-7-9-24(10-8-23)17-6-3-13(12-20-17)18-21-19(26-22-18)15-11-14-4-5-16(15)25-14/h3,6,12,14-16H,2,4-5,7-11H2,1H3. The molecule has 3 saturated heterocycles. The van der Waals surface area contributed by atoms with Gasteiger partial charge < -0.3 is 19.1 Å². The lowest BCUT2D eigenvalue weighted by Gasteiger charge is -2.34. The summed E-state index contributed by atoms with van der Waals surface area (Å²) in [6.45, 7) is 7.58. The Morgan fingerprint density at radius 3 is 2.69 bits per heavy atom. The number of hydrogen-bond donors (Lipinski definition) is 0. The van der Waals surface area contributed by atoms with Crippen LogP contribution in [0.5, 0.6) is 0 Å². The number of aromatic nitrogens is 3. The average Bonchev–Trinajstić information content (AvgIpc) is 3.45. The average molecular weight is 355 g/mol. The highest BCUT2D eigenvalue weighted by Gasteiger charge is 2.44. The Morgan fingerprint density at radius 1 is 1.15 bits per heavy atom. The van der Waals surface area contributed by atoms with Gasteiger partial charge in [0.15, 0.2) is 0 Å². The summed E-state index contributed by atoms with van der Waals surface area (Å²) >= 11 is 0. The van der Waals surface area contributed by atoms with Crippen molar-refractivity contribution < 1.29 is 9.26 Å². The van der Waals surface area contributed by atoms with E-state index in [2.05, 4.69) is 37.9 Å². The number of pyridine rings is 1. The minimum Gasteiger partial charge on any atom is -0.374 e. The molecule has 138 valence electrons. The van der Waals surface area contributed by atoms with Gasteiger partial charge in [-0.3, -0.25) is 0 Å². The van der Waals surface area contributed by atoms with Crippen molar-refractivity contribution in [1.82, 2.24) is 20.0 Å². The van der Waals surface area contributed by atoms with Gasteiger partial charge in [0.1, 0.15) is 5.82 Å². The van der Waals surface area contributed by atoms with Crippen LogP contribution in [0.2, 0.25) is 0 Å². The van der Waals surface area contributed by atoms with Crippen LogP contribution in [0, 0.1) is 0 Å². The predicted octanol–water partition coefficient (Wildman–Crippen LogP) is 2.31. The molecule has 0 saturated carbocycles. The lowest BCUT2D eigenvalue weighted by molar-refractivity contribution is 0.0974. The lowest BCUT2D eigenvalue weighted by atomic mass is 9.89. The van der Waals surface area contributed by atoms with Gasteiger partial charge in [-0.05, 0) is 37.9 Å². The van der Waals surface area contributed by atoms with Gasteiger partial charge in [0, 0.05) is 37.9 Å². The van der Waals surface area contributed by atoms with E-state index in [4.69, 9.17) is 9.26 Å². The minimum atomic E-state index is 0.260. The highest BCUT2D eigenvalue weighted by atomic mass is 16.5. The van der Waals surface area contributed by atoms with E-state index in [-0.39, 0.29) is 12.0 Å². The Morgan fingerprint density at radius 2 is 2.04 bits per heavy atom. The summed E-state index contributed by atoms with van der Waals surface area (Å²) in [5.41, 5.74) is 0.903. The molecule has 0 aliphatic carbocycles. The van der Waals surface area contributed by atoms with E-state index >= 15 is 0 Å². The van der Waals surface area contributed by atoms with Crippen molar-refractivity contribution in [3.8, 4) is 11.4 Å². The predicted molar refractivity (Wildman–Crippen MR) is 97.1 cm³/mol. The number of rotatable bonds is 4. The highest BCUT2D eigenvalue weighted by molar-refractivity contribution is 5.56. The molecular formula is C19H25N5O2. The Labute approximate surface area is 153 Å². The Kier molecular flexibility index (Phi) is 4.13. The summed E-state index contributed by atoms with van der Waals surface area (Å²) in [7, 11) is 0. The van der Waals surface area contributed by atoms with E-state index in [1.807, 2.05) is 12.3 Å². The smallest absolute Gasteiger partial charge is 0.232 e. The monoisotopic (exact) mass is 355 g/mol. The van der Waals surface area contributed by atoms with Gasteiger partial charge in [0.2, 0.25) is 11.7 Å². The fourth-order valence-electron chi connectivity index (χ4n) is 4.40. The fraction of sp³-hybridized carbons (Fsp3) is 0.632. The zero-order valence-corrected chi connectivity index (χ0v) is 15.2. The first kappa shape index (κ1) is 16.2. The van der Waals surface area contributed by atoms with E-state index in [9.17, 15) is 0 Å². The van der Waals surface area contributed by atoms with Crippen LogP contribution >= 0.6 is 0 Å². The van der Waals surface area contributed by atoms with Crippen LogP contribution in [0.15, 0.2) is 22.9 Å². The largest absolute Gasteiger partial charge is 0.374 e. The molecule has 0 radical (unpaired) electrons. The zero-order valence-electron chi connectivity index (χ0n) is 15.2. The molecule has 3 fully saturated rings. The molecule has 3 aliphatic rings. The third-order valence-electron chi connectivity index (χ3n) is 6.01. The van der Waals surface area contributed by atoms with Crippen LogP contribution in [0.25, 0.3) is 11.4 Å². The van der Waals surface area contributed by atoms with E-state index in [0.717, 1.165) is 56.9 Å². The van der Waals surface area contributed by atoms with Crippen molar-refractivity contribution in [1.29, 1.82) is 0 Å². The van der Waals surface area contributed by atoms with E-state index in [0.29, 0.717) is 17.8 Å². The molecule has 3 unspecified atom stereocenters. The number of nitrogens with zero attached hydrogens (tertiary/aromatic N) is 5. The van der Waals surface area contributed by atoms with Crippen molar-refractivity contribution in [2.75, 3.05) is 37.6 Å². The van der Waals surface area contributed by atoms with Crippen molar-refractivity contribution in [2.45, 2.75) is 44.3 Å². The molecule has 0 amide bonds. The number of ether oxygens (including phenoxy) is 1. The molecule has 26 heavy (non-hydrogen) atoms. The van der Waals surface area contributed by atoms with Gasteiger partial charge in [0.25, 0.3) is 0 Å². The number of fused-ring (bicyclic) bond motifs is 2. The summed E-state index contributed by atoms with van der Waals surface area (Å²) in [6, 6.07) is 4.11. The summed E-state index contributed by atoms with van der Waals surface area (Å²) in [4.78, 5) is 14.1. The van der Waals surface area contributed by atoms with Gasteiger partial charge in [-0.25, -0.2) is 4.98 Å². The van der Waals surface area contributed by atoms with Gasteiger partial charge >= 0.3 is 0 Å². The van der Waals surface area contributed by atoms with Gasteiger partial charge in [0.05, 0.1) is 18.1 Å². The molecule has 2 bridgehead atoms. The van der Waals surface area contributed by atoms with E-state index in [1.165, 1.54) is 6.42 Å². The Balaban J connectivity index is 1.28. The minimum absolute atomic E-state index is 0.260. The van der Waals surface area contributed by atoms with Crippen LogP contribution in [-0.2, 0) is 4.74 Å². The Hall–Kier alpha value is -1.99. The maximum atomic E-state index is 5.90. The van der Waals surface area contributed by atoms with Crippen LogP contribution in [0.3, 0.4) is 0 Å². The lowest BCUT2D eigenvalue weighted by Crippen LogP contribution is -2.46. The normalized spacial score (nSPS) is 28.8. The second-order valence-corrected chi connectivity index (χ2v) is 7.50. The summed E-state index contributed by atoms with van der Waals surface area (Å²) in [6.07, 6.45) is 5.78. The molecule has 5 heterocycles. The summed E-state index contributed by atoms with van der Waals surface area (Å²) in [5, 5.41) is 4.18. The molecule has 2 aromatic heterocycles. The first-order chi connectivity index (χ1) is 12.8. The first-order valence-electron chi connectivity index (χ1n) is 9.73. The SMILES string of the molecule is CCN1CCN(c2ccc(-c3noc(C4CC5CCC4O5)n3)cn2)CC1. The fourth-order valence-corrected chi connectivity index (χ4v) is 4.40. The molecule has 2 aromatic rings. The zero-order chi connectivity index (χ0) is 17.5. The second kappa shape index (κ2) is 6.63. The highest BCUT2D eigenvalue weighted by Crippen LogP contribution is 2.44. The quantitative estimate of drug-likeness (QED) is 0.833. The number of anilines is 1.